The van der Waals surface area contributed by atoms with Crippen LogP contribution in [0.3, 0.4) is 0 Å². The number of aromatic nitrogens is 2. The Morgan fingerprint density at radius 1 is 1.56 bits per heavy atom. The van der Waals surface area contributed by atoms with Gasteiger partial charge in [-0.15, -0.1) is 0 Å². The van der Waals surface area contributed by atoms with E-state index in [0.717, 1.165) is 36.2 Å². The van der Waals surface area contributed by atoms with Crippen LogP contribution in [-0.2, 0) is 6.54 Å². The molecule has 0 aliphatic carbocycles. The molecule has 2 N–H and O–H groups in total. The van der Waals surface area contributed by atoms with E-state index in [1.807, 2.05) is 18.8 Å². The van der Waals surface area contributed by atoms with Crippen molar-refractivity contribution in [2.24, 2.45) is 0 Å². The molecule has 1 rings (SSSR count). The third-order valence-corrected chi connectivity index (χ3v) is 3.28. The van der Waals surface area contributed by atoms with Crippen molar-refractivity contribution < 1.29 is 5.11 Å². The molecule has 0 fully saturated rings. The Morgan fingerprint density at radius 3 is 2.89 bits per heavy atom. The smallest absolute Gasteiger partial charge is 0.109 e. The van der Waals surface area contributed by atoms with Crippen LogP contribution in [0.5, 0.6) is 0 Å². The zero-order valence-electron chi connectivity index (χ0n) is 11.4. The summed E-state index contributed by atoms with van der Waals surface area (Å²) in [4.78, 5) is 2.10. The molecular formula is C12H23BrN4O. The molecule has 1 aromatic heterocycles. The summed E-state index contributed by atoms with van der Waals surface area (Å²) in [6.07, 6.45) is 2.28. The van der Waals surface area contributed by atoms with Crippen molar-refractivity contribution in [2.75, 3.05) is 33.7 Å². The molecule has 1 heterocycles. The maximum atomic E-state index is 10.2. The molecule has 5 nitrogen and oxygen atoms in total. The van der Waals surface area contributed by atoms with E-state index in [9.17, 15) is 5.11 Å². The lowest BCUT2D eigenvalue weighted by Crippen LogP contribution is -2.26. The first-order chi connectivity index (χ1) is 8.56. The normalized spacial score (nSPS) is 13.2. The van der Waals surface area contributed by atoms with E-state index in [4.69, 9.17) is 0 Å². The number of aliphatic hydroxyl groups excluding tert-OH is 1. The van der Waals surface area contributed by atoms with Gasteiger partial charge in [0.2, 0.25) is 0 Å². The SMILES string of the molecule is CCCNCC(O)c1c(Br)cnn1CCN(C)C. The van der Waals surface area contributed by atoms with Crippen molar-refractivity contribution in [1.82, 2.24) is 20.0 Å². The lowest BCUT2D eigenvalue weighted by Gasteiger charge is -2.16. The number of halogens is 1. The second kappa shape index (κ2) is 7.89. The first-order valence-electron chi connectivity index (χ1n) is 6.31. The van der Waals surface area contributed by atoms with Gasteiger partial charge in [0, 0.05) is 13.1 Å². The van der Waals surface area contributed by atoms with Gasteiger partial charge < -0.3 is 15.3 Å². The summed E-state index contributed by atoms with van der Waals surface area (Å²) in [5.41, 5.74) is 0.848. The number of aliphatic hydroxyl groups is 1. The van der Waals surface area contributed by atoms with E-state index in [0.29, 0.717) is 6.54 Å². The lowest BCUT2D eigenvalue weighted by molar-refractivity contribution is 0.161. The van der Waals surface area contributed by atoms with Gasteiger partial charge >= 0.3 is 0 Å². The van der Waals surface area contributed by atoms with Crippen molar-refractivity contribution in [3.8, 4) is 0 Å². The number of hydrogen-bond acceptors (Lipinski definition) is 4. The van der Waals surface area contributed by atoms with Gasteiger partial charge in [0.15, 0.2) is 0 Å². The number of hydrogen-bond donors (Lipinski definition) is 2. The van der Waals surface area contributed by atoms with Gasteiger partial charge in [-0.3, -0.25) is 4.68 Å². The first-order valence-corrected chi connectivity index (χ1v) is 7.10. The fraction of sp³-hybridized carbons (Fsp3) is 0.750. The van der Waals surface area contributed by atoms with Gasteiger partial charge in [0.05, 0.1) is 22.9 Å². The summed E-state index contributed by atoms with van der Waals surface area (Å²) in [5.74, 6) is 0. The number of likely N-dealkylation sites (N-methyl/N-ethyl adjacent to an activating group) is 1. The van der Waals surface area contributed by atoms with Gasteiger partial charge in [-0.25, -0.2) is 0 Å². The minimum absolute atomic E-state index is 0.532. The predicted octanol–water partition coefficient (Wildman–Crippen LogP) is 1.24. The molecule has 0 radical (unpaired) electrons. The Balaban J connectivity index is 2.64. The van der Waals surface area contributed by atoms with Crippen molar-refractivity contribution in [1.29, 1.82) is 0 Å². The highest BCUT2D eigenvalue weighted by atomic mass is 79.9. The topological polar surface area (TPSA) is 53.3 Å². The highest BCUT2D eigenvalue weighted by Crippen LogP contribution is 2.22. The van der Waals surface area contributed by atoms with Crippen LogP contribution in [0.4, 0.5) is 0 Å². The van der Waals surface area contributed by atoms with Gasteiger partial charge in [-0.1, -0.05) is 6.92 Å². The lowest BCUT2D eigenvalue weighted by atomic mass is 10.2. The van der Waals surface area contributed by atoms with Gasteiger partial charge in [0.1, 0.15) is 6.10 Å². The molecule has 0 aromatic carbocycles. The van der Waals surface area contributed by atoms with Gasteiger partial charge in [-0.2, -0.15) is 5.10 Å². The molecule has 0 saturated carbocycles. The fourth-order valence-corrected chi connectivity index (χ4v) is 2.25. The zero-order valence-corrected chi connectivity index (χ0v) is 12.9. The average molecular weight is 319 g/mol. The standard InChI is InChI=1S/C12H23BrN4O/c1-4-5-14-9-11(18)12-10(13)8-15-17(12)7-6-16(2)3/h8,11,14,18H,4-7,9H2,1-3H3. The average Bonchev–Trinajstić information content (AvgIpc) is 2.68. The third-order valence-electron chi connectivity index (χ3n) is 2.67. The number of rotatable bonds is 8. The maximum Gasteiger partial charge on any atom is 0.109 e. The summed E-state index contributed by atoms with van der Waals surface area (Å²) in [6.45, 7) is 5.26. The molecule has 18 heavy (non-hydrogen) atoms. The Kier molecular flexibility index (Phi) is 6.85. The summed E-state index contributed by atoms with van der Waals surface area (Å²) < 4.78 is 2.73. The second-order valence-corrected chi connectivity index (χ2v) is 5.48. The van der Waals surface area contributed by atoms with Crippen LogP contribution in [0.25, 0.3) is 0 Å². The summed E-state index contributed by atoms with van der Waals surface area (Å²) in [6, 6.07) is 0. The van der Waals surface area contributed by atoms with Crippen LogP contribution in [0.15, 0.2) is 10.7 Å². The summed E-state index contributed by atoms with van der Waals surface area (Å²) >= 11 is 3.45. The zero-order chi connectivity index (χ0) is 13.5. The third kappa shape index (κ3) is 4.68. The Labute approximate surface area is 117 Å². The molecule has 0 amide bonds. The molecule has 0 saturated heterocycles. The predicted molar refractivity (Wildman–Crippen MR) is 76.6 cm³/mol. The van der Waals surface area contributed by atoms with Crippen LogP contribution >= 0.6 is 15.9 Å². The highest BCUT2D eigenvalue weighted by Gasteiger charge is 2.17. The Morgan fingerprint density at radius 2 is 2.28 bits per heavy atom. The van der Waals surface area contributed by atoms with Crippen molar-refractivity contribution in [2.45, 2.75) is 26.0 Å². The van der Waals surface area contributed by atoms with Gasteiger partial charge in [-0.05, 0) is 43.0 Å². The Hall–Kier alpha value is -0.430. The van der Waals surface area contributed by atoms with Crippen LogP contribution in [0.2, 0.25) is 0 Å². The molecule has 1 unspecified atom stereocenters. The summed E-state index contributed by atoms with van der Waals surface area (Å²) in [7, 11) is 4.05. The quantitative estimate of drug-likeness (QED) is 0.708. The van der Waals surface area contributed by atoms with E-state index in [-0.39, 0.29) is 0 Å². The van der Waals surface area contributed by atoms with E-state index in [1.54, 1.807) is 6.20 Å². The van der Waals surface area contributed by atoms with E-state index < -0.39 is 6.10 Å². The molecule has 0 spiro atoms. The summed E-state index contributed by atoms with van der Waals surface area (Å²) in [5, 5.41) is 17.7. The molecule has 1 atom stereocenters. The number of nitrogens with one attached hydrogen (secondary N) is 1. The van der Waals surface area contributed by atoms with Crippen molar-refractivity contribution in [3.63, 3.8) is 0 Å². The minimum atomic E-state index is -0.532. The van der Waals surface area contributed by atoms with E-state index >= 15 is 0 Å². The van der Waals surface area contributed by atoms with E-state index in [2.05, 4.69) is 38.2 Å². The van der Waals surface area contributed by atoms with Crippen molar-refractivity contribution in [3.05, 3.63) is 16.4 Å². The van der Waals surface area contributed by atoms with Crippen LogP contribution in [0, 0.1) is 0 Å². The highest BCUT2D eigenvalue weighted by molar-refractivity contribution is 9.10. The molecule has 0 aliphatic rings. The first kappa shape index (κ1) is 15.6. The molecule has 1 aromatic rings. The molecule has 104 valence electrons. The Bertz CT molecular complexity index is 354. The molecular weight excluding hydrogens is 296 g/mol. The minimum Gasteiger partial charge on any atom is -0.385 e. The monoisotopic (exact) mass is 318 g/mol. The molecule has 0 bridgehead atoms. The molecule has 0 aliphatic heterocycles. The van der Waals surface area contributed by atoms with Gasteiger partial charge in [0.25, 0.3) is 0 Å². The number of nitrogens with zero attached hydrogens (tertiary/aromatic N) is 3. The second-order valence-electron chi connectivity index (χ2n) is 4.62. The molecule has 6 heteroatoms. The largest absolute Gasteiger partial charge is 0.385 e. The van der Waals surface area contributed by atoms with Crippen LogP contribution in [-0.4, -0.2) is 53.5 Å². The fourth-order valence-electron chi connectivity index (χ4n) is 1.69. The van der Waals surface area contributed by atoms with E-state index in [1.165, 1.54) is 0 Å². The van der Waals surface area contributed by atoms with Crippen molar-refractivity contribution >= 4 is 15.9 Å². The maximum absolute atomic E-state index is 10.2. The van der Waals surface area contributed by atoms with Crippen LogP contribution in [0.1, 0.15) is 25.1 Å². The van der Waals surface area contributed by atoms with Crippen LogP contribution < -0.4 is 5.32 Å².